The molecule has 2 fully saturated rings. The van der Waals surface area contributed by atoms with Crippen molar-refractivity contribution in [2.45, 2.75) is 56.5 Å². The van der Waals surface area contributed by atoms with Crippen molar-refractivity contribution in [1.29, 1.82) is 0 Å². The van der Waals surface area contributed by atoms with Crippen LogP contribution in [-0.2, 0) is 0 Å². The predicted molar refractivity (Wildman–Crippen MR) is 81.3 cm³/mol. The van der Waals surface area contributed by atoms with Gasteiger partial charge in [-0.25, -0.2) is 4.39 Å². The zero-order valence-electron chi connectivity index (χ0n) is 12.7. The Kier molecular flexibility index (Phi) is 4.96. The van der Waals surface area contributed by atoms with Gasteiger partial charge in [-0.05, 0) is 56.4 Å². The Morgan fingerprint density at radius 3 is 2.36 bits per heavy atom. The van der Waals surface area contributed by atoms with Crippen LogP contribution >= 0.6 is 0 Å². The van der Waals surface area contributed by atoms with Crippen LogP contribution in [0.15, 0.2) is 24.3 Å². The summed E-state index contributed by atoms with van der Waals surface area (Å²) in [5.41, 5.74) is 0. The first-order valence-corrected chi connectivity index (χ1v) is 8.16. The molecule has 0 aromatic heterocycles. The smallest absolute Gasteiger partial charge is 0.126 e. The number of ether oxygens (including phenoxy) is 1. The molecule has 3 atom stereocenters. The van der Waals surface area contributed by atoms with E-state index in [-0.39, 0.29) is 24.1 Å². The van der Waals surface area contributed by atoms with Gasteiger partial charge >= 0.3 is 0 Å². The fourth-order valence-corrected chi connectivity index (χ4v) is 3.55. The Labute approximate surface area is 130 Å². The van der Waals surface area contributed by atoms with Gasteiger partial charge in [0.25, 0.3) is 0 Å². The number of aliphatic hydroxyl groups is 2. The molecule has 1 saturated heterocycles. The first-order valence-electron chi connectivity index (χ1n) is 8.16. The molecular weight excluding hydrogens is 285 g/mol. The van der Waals surface area contributed by atoms with Crippen LogP contribution < -0.4 is 4.74 Å². The molecular formula is C17H24FNO3. The molecule has 0 spiro atoms. The Morgan fingerprint density at radius 2 is 1.68 bits per heavy atom. The SMILES string of the molecule is OC1CCN([C@H]2CCC[C@@H](Oc3ccc(F)cc3)[C@@H]2O)CC1. The van der Waals surface area contributed by atoms with Crippen molar-refractivity contribution < 1.29 is 19.3 Å². The third-order valence-corrected chi connectivity index (χ3v) is 4.83. The van der Waals surface area contributed by atoms with Gasteiger partial charge in [0.2, 0.25) is 0 Å². The highest BCUT2D eigenvalue weighted by Crippen LogP contribution is 2.29. The second kappa shape index (κ2) is 6.94. The summed E-state index contributed by atoms with van der Waals surface area (Å²) < 4.78 is 18.8. The Hall–Kier alpha value is -1.17. The lowest BCUT2D eigenvalue weighted by atomic mass is 9.87. The van der Waals surface area contributed by atoms with Crippen LogP contribution in [0.3, 0.4) is 0 Å². The van der Waals surface area contributed by atoms with Crippen LogP contribution in [0.4, 0.5) is 4.39 Å². The van der Waals surface area contributed by atoms with Gasteiger partial charge in [0.15, 0.2) is 0 Å². The predicted octanol–water partition coefficient (Wildman–Crippen LogP) is 1.94. The number of rotatable bonds is 3. The molecule has 1 aromatic carbocycles. The molecule has 1 aliphatic heterocycles. The molecule has 0 unspecified atom stereocenters. The standard InChI is InChI=1S/C17H24FNO3/c18-12-4-6-14(7-5-12)22-16-3-1-2-15(17(16)21)19-10-8-13(20)9-11-19/h4-7,13,15-17,20-21H,1-3,8-11H2/t15-,16+,17+/m0/s1. The van der Waals surface area contributed by atoms with Gasteiger partial charge in [-0.15, -0.1) is 0 Å². The molecule has 0 bridgehead atoms. The minimum atomic E-state index is -0.547. The van der Waals surface area contributed by atoms with Crippen LogP contribution in [0.2, 0.25) is 0 Å². The highest BCUT2D eigenvalue weighted by Gasteiger charge is 2.37. The van der Waals surface area contributed by atoms with Gasteiger partial charge in [0.1, 0.15) is 23.8 Å². The molecule has 2 N–H and O–H groups in total. The molecule has 1 saturated carbocycles. The van der Waals surface area contributed by atoms with E-state index in [2.05, 4.69) is 4.90 Å². The van der Waals surface area contributed by atoms with Gasteiger partial charge in [-0.1, -0.05) is 0 Å². The quantitative estimate of drug-likeness (QED) is 0.896. The second-order valence-corrected chi connectivity index (χ2v) is 6.37. The van der Waals surface area contributed by atoms with E-state index in [9.17, 15) is 14.6 Å². The highest BCUT2D eigenvalue weighted by atomic mass is 19.1. The average Bonchev–Trinajstić information content (AvgIpc) is 2.53. The van der Waals surface area contributed by atoms with Crippen molar-refractivity contribution in [3.8, 4) is 5.75 Å². The van der Waals surface area contributed by atoms with Crippen molar-refractivity contribution in [2.24, 2.45) is 0 Å². The zero-order chi connectivity index (χ0) is 15.5. The Morgan fingerprint density at radius 1 is 1.00 bits per heavy atom. The Balaban J connectivity index is 1.62. The maximum absolute atomic E-state index is 12.9. The van der Waals surface area contributed by atoms with E-state index in [1.807, 2.05) is 0 Å². The molecule has 4 nitrogen and oxygen atoms in total. The number of aliphatic hydroxyl groups excluding tert-OH is 2. The first-order chi connectivity index (χ1) is 10.6. The molecule has 2 aliphatic rings. The lowest BCUT2D eigenvalue weighted by Crippen LogP contribution is -2.55. The summed E-state index contributed by atoms with van der Waals surface area (Å²) in [7, 11) is 0. The van der Waals surface area contributed by atoms with E-state index < -0.39 is 6.10 Å². The summed E-state index contributed by atoms with van der Waals surface area (Å²) in [5, 5.41) is 20.3. The second-order valence-electron chi connectivity index (χ2n) is 6.37. The van der Waals surface area contributed by atoms with E-state index in [4.69, 9.17) is 4.74 Å². The molecule has 1 aromatic rings. The molecule has 0 amide bonds. The van der Waals surface area contributed by atoms with E-state index in [0.717, 1.165) is 45.2 Å². The van der Waals surface area contributed by atoms with Crippen LogP contribution in [0, 0.1) is 5.82 Å². The number of hydrogen-bond donors (Lipinski definition) is 2. The van der Waals surface area contributed by atoms with Gasteiger partial charge in [-0.3, -0.25) is 4.90 Å². The highest BCUT2D eigenvalue weighted by molar-refractivity contribution is 5.22. The summed E-state index contributed by atoms with van der Waals surface area (Å²) in [6, 6.07) is 6.03. The topological polar surface area (TPSA) is 52.9 Å². The molecule has 3 rings (SSSR count). The monoisotopic (exact) mass is 309 g/mol. The van der Waals surface area contributed by atoms with Crippen LogP contribution in [0.5, 0.6) is 5.75 Å². The van der Waals surface area contributed by atoms with Gasteiger partial charge < -0.3 is 14.9 Å². The fourth-order valence-electron chi connectivity index (χ4n) is 3.55. The number of piperidine rings is 1. The van der Waals surface area contributed by atoms with Crippen LogP contribution in [0.1, 0.15) is 32.1 Å². The van der Waals surface area contributed by atoms with Crippen molar-refractivity contribution >= 4 is 0 Å². The fraction of sp³-hybridized carbons (Fsp3) is 0.647. The molecule has 5 heteroatoms. The number of halogens is 1. The summed E-state index contributed by atoms with van der Waals surface area (Å²) >= 11 is 0. The van der Waals surface area contributed by atoms with Crippen molar-refractivity contribution in [3.63, 3.8) is 0 Å². The summed E-state index contributed by atoms with van der Waals surface area (Å²) in [6.07, 6.45) is 3.31. The molecule has 1 heterocycles. The molecule has 0 radical (unpaired) electrons. The van der Waals surface area contributed by atoms with Gasteiger partial charge in [0, 0.05) is 19.1 Å². The van der Waals surface area contributed by atoms with Crippen molar-refractivity contribution in [1.82, 2.24) is 4.90 Å². The van der Waals surface area contributed by atoms with Crippen LogP contribution in [-0.4, -0.2) is 52.6 Å². The third-order valence-electron chi connectivity index (χ3n) is 4.83. The van der Waals surface area contributed by atoms with E-state index in [1.165, 1.54) is 12.1 Å². The molecule has 22 heavy (non-hydrogen) atoms. The van der Waals surface area contributed by atoms with Gasteiger partial charge in [0.05, 0.1) is 6.10 Å². The number of likely N-dealkylation sites (tertiary alicyclic amines) is 1. The van der Waals surface area contributed by atoms with Crippen molar-refractivity contribution in [3.05, 3.63) is 30.1 Å². The maximum atomic E-state index is 12.9. The largest absolute Gasteiger partial charge is 0.488 e. The van der Waals surface area contributed by atoms with Gasteiger partial charge in [-0.2, -0.15) is 0 Å². The zero-order valence-corrected chi connectivity index (χ0v) is 12.7. The van der Waals surface area contributed by atoms with E-state index >= 15 is 0 Å². The summed E-state index contributed by atoms with van der Waals surface area (Å²) in [5.74, 6) is 0.307. The minimum absolute atomic E-state index is 0.0895. The van der Waals surface area contributed by atoms with E-state index in [1.54, 1.807) is 12.1 Å². The molecule has 122 valence electrons. The number of hydrogen-bond acceptors (Lipinski definition) is 4. The number of benzene rings is 1. The van der Waals surface area contributed by atoms with Crippen LogP contribution in [0.25, 0.3) is 0 Å². The average molecular weight is 309 g/mol. The molecule has 1 aliphatic carbocycles. The van der Waals surface area contributed by atoms with Crippen molar-refractivity contribution in [2.75, 3.05) is 13.1 Å². The Bertz CT molecular complexity index is 473. The number of nitrogens with zero attached hydrogens (tertiary/aromatic N) is 1. The first kappa shape index (κ1) is 15.7. The summed E-state index contributed by atoms with van der Waals surface area (Å²) in [6.45, 7) is 1.65. The normalized spacial score (nSPS) is 31.1. The summed E-state index contributed by atoms with van der Waals surface area (Å²) in [4.78, 5) is 2.28. The third kappa shape index (κ3) is 3.59. The lowest BCUT2D eigenvalue weighted by molar-refractivity contribution is -0.0657. The maximum Gasteiger partial charge on any atom is 0.126 e. The lowest BCUT2D eigenvalue weighted by Gasteiger charge is -2.43. The minimum Gasteiger partial charge on any atom is -0.488 e. The van der Waals surface area contributed by atoms with E-state index in [0.29, 0.717) is 5.75 Å².